The molecule has 0 spiro atoms. The Morgan fingerprint density at radius 2 is 1.00 bits per heavy atom. The highest BCUT2D eigenvalue weighted by molar-refractivity contribution is 7.11. The minimum absolute atomic E-state index is 0.0152. The van der Waals surface area contributed by atoms with Gasteiger partial charge < -0.3 is 9.47 Å². The van der Waals surface area contributed by atoms with Gasteiger partial charge in [-0.25, -0.2) is 0 Å². The van der Waals surface area contributed by atoms with E-state index in [4.69, 9.17) is 9.47 Å². The fourth-order valence-corrected chi connectivity index (χ4v) is 4.88. The molecule has 0 amide bonds. The van der Waals surface area contributed by atoms with Crippen LogP contribution in [0.25, 0.3) is 12.2 Å². The molecule has 0 fully saturated rings. The van der Waals surface area contributed by atoms with Crippen LogP contribution in [-0.2, 0) is 0 Å². The van der Waals surface area contributed by atoms with Crippen LogP contribution >= 0.6 is 22.7 Å². The molecule has 2 aromatic carbocycles. The highest BCUT2D eigenvalue weighted by atomic mass is 32.1. The van der Waals surface area contributed by atoms with E-state index in [0.717, 1.165) is 46.9 Å². The zero-order valence-electron chi connectivity index (χ0n) is 21.1. The molecule has 0 N–H and O–H groups in total. The van der Waals surface area contributed by atoms with E-state index in [9.17, 15) is 9.59 Å². The van der Waals surface area contributed by atoms with Crippen molar-refractivity contribution in [3.63, 3.8) is 0 Å². The van der Waals surface area contributed by atoms with Gasteiger partial charge in [0, 0.05) is 20.9 Å². The maximum Gasteiger partial charge on any atom is 0.185 e. The molecule has 194 valence electrons. The zero-order valence-corrected chi connectivity index (χ0v) is 22.7. The van der Waals surface area contributed by atoms with Gasteiger partial charge in [-0.1, -0.05) is 12.1 Å². The second kappa shape index (κ2) is 14.9. The number of ether oxygens (including phenoxy) is 2. The van der Waals surface area contributed by atoms with E-state index in [0.29, 0.717) is 24.3 Å². The smallest absolute Gasteiger partial charge is 0.185 e. The molecule has 0 bridgehead atoms. The molecule has 6 heteroatoms. The molecule has 0 atom stereocenters. The van der Waals surface area contributed by atoms with E-state index < -0.39 is 0 Å². The number of benzene rings is 2. The lowest BCUT2D eigenvalue weighted by Crippen LogP contribution is -2.01. The normalized spacial score (nSPS) is 11.3. The maximum absolute atomic E-state index is 12.3. The van der Waals surface area contributed by atoms with Crippen molar-refractivity contribution in [2.24, 2.45) is 0 Å². The number of carbonyl (C=O) groups is 2. The predicted octanol–water partition coefficient (Wildman–Crippen LogP) is 8.62. The minimum atomic E-state index is -0.0152. The summed E-state index contributed by atoms with van der Waals surface area (Å²) in [5.74, 6) is 1.52. The SMILES string of the molecule is O=C(/C=C/c1cccs1)c1ccc(OCCCCCCOc2ccc(C(=O)/C=C/c3cccs3)cc2)cc1. The first-order valence-electron chi connectivity index (χ1n) is 12.6. The van der Waals surface area contributed by atoms with Crippen molar-refractivity contribution >= 4 is 46.4 Å². The summed E-state index contributed by atoms with van der Waals surface area (Å²) in [7, 11) is 0. The van der Waals surface area contributed by atoms with Gasteiger partial charge in [-0.2, -0.15) is 0 Å². The second-order valence-corrected chi connectivity index (χ2v) is 10.5. The Bertz CT molecular complexity index is 1210. The standard InChI is InChI=1S/C32H30O4S2/c33-31(19-17-29-7-5-23-37-29)25-9-13-27(14-10-25)35-21-3-1-2-4-22-36-28-15-11-26(12-16-28)32(34)20-18-30-8-6-24-38-30/h5-20,23-24H,1-4,21-22H2/b19-17+,20-18+. The summed E-state index contributed by atoms with van der Waals surface area (Å²) in [5, 5.41) is 3.98. The van der Waals surface area contributed by atoms with E-state index in [1.807, 2.05) is 71.4 Å². The van der Waals surface area contributed by atoms with Gasteiger partial charge in [0.2, 0.25) is 0 Å². The van der Waals surface area contributed by atoms with Crippen molar-refractivity contribution in [1.82, 2.24) is 0 Å². The lowest BCUT2D eigenvalue weighted by Gasteiger charge is -2.08. The van der Waals surface area contributed by atoms with E-state index >= 15 is 0 Å². The van der Waals surface area contributed by atoms with Crippen LogP contribution < -0.4 is 9.47 Å². The number of ketones is 2. The van der Waals surface area contributed by atoms with Crippen molar-refractivity contribution in [2.75, 3.05) is 13.2 Å². The summed E-state index contributed by atoms with van der Waals surface area (Å²) in [6.45, 7) is 1.28. The summed E-state index contributed by atoms with van der Waals surface area (Å²) in [5.41, 5.74) is 1.30. The van der Waals surface area contributed by atoms with Gasteiger partial charge in [0.15, 0.2) is 11.6 Å². The van der Waals surface area contributed by atoms with Crippen LogP contribution in [0, 0.1) is 0 Å². The number of rotatable bonds is 15. The molecule has 0 unspecified atom stereocenters. The third-order valence-corrected chi connectivity index (χ3v) is 7.41. The van der Waals surface area contributed by atoms with Crippen LogP contribution in [0.5, 0.6) is 11.5 Å². The molecule has 4 rings (SSSR count). The lowest BCUT2D eigenvalue weighted by atomic mass is 10.1. The van der Waals surface area contributed by atoms with Gasteiger partial charge in [-0.3, -0.25) is 9.59 Å². The van der Waals surface area contributed by atoms with Gasteiger partial charge >= 0.3 is 0 Å². The maximum atomic E-state index is 12.3. The van der Waals surface area contributed by atoms with Crippen molar-refractivity contribution in [3.05, 3.63) is 117 Å². The number of hydrogen-bond donors (Lipinski definition) is 0. The molecule has 0 aliphatic rings. The fourth-order valence-electron chi connectivity index (χ4n) is 3.65. The van der Waals surface area contributed by atoms with Gasteiger partial charge in [0.1, 0.15) is 11.5 Å². The molecular weight excluding hydrogens is 512 g/mol. The van der Waals surface area contributed by atoms with Gasteiger partial charge in [-0.05, 0) is 121 Å². The van der Waals surface area contributed by atoms with Crippen molar-refractivity contribution in [1.29, 1.82) is 0 Å². The highest BCUT2D eigenvalue weighted by Crippen LogP contribution is 2.17. The number of hydrogen-bond acceptors (Lipinski definition) is 6. The van der Waals surface area contributed by atoms with E-state index in [1.165, 1.54) is 0 Å². The summed E-state index contributed by atoms with van der Waals surface area (Å²) in [6, 6.07) is 22.5. The zero-order chi connectivity index (χ0) is 26.4. The van der Waals surface area contributed by atoms with E-state index in [-0.39, 0.29) is 11.6 Å². The van der Waals surface area contributed by atoms with Crippen molar-refractivity contribution < 1.29 is 19.1 Å². The van der Waals surface area contributed by atoms with E-state index in [1.54, 1.807) is 59.1 Å². The monoisotopic (exact) mass is 542 g/mol. The third kappa shape index (κ3) is 8.98. The lowest BCUT2D eigenvalue weighted by molar-refractivity contribution is 0.103. The molecule has 0 saturated carbocycles. The number of thiophene rings is 2. The Kier molecular flexibility index (Phi) is 10.7. The third-order valence-electron chi connectivity index (χ3n) is 5.74. The number of carbonyl (C=O) groups excluding carboxylic acids is 2. The fraction of sp³-hybridized carbons (Fsp3) is 0.188. The minimum Gasteiger partial charge on any atom is -0.494 e. The van der Waals surface area contributed by atoms with Crippen LogP contribution in [0.15, 0.2) is 95.7 Å². The Morgan fingerprint density at radius 3 is 1.37 bits per heavy atom. The first-order chi connectivity index (χ1) is 18.7. The average molecular weight is 543 g/mol. The highest BCUT2D eigenvalue weighted by Gasteiger charge is 2.04. The van der Waals surface area contributed by atoms with Gasteiger partial charge in [0.05, 0.1) is 13.2 Å². The molecule has 2 aromatic heterocycles. The molecular formula is C32H30O4S2. The Labute approximate surface area is 231 Å². The molecule has 0 aliphatic heterocycles. The summed E-state index contributed by atoms with van der Waals surface area (Å²) in [4.78, 5) is 26.7. The molecule has 0 aliphatic carbocycles. The van der Waals surface area contributed by atoms with Crippen LogP contribution in [-0.4, -0.2) is 24.8 Å². The first-order valence-corrected chi connectivity index (χ1v) is 14.4. The molecule has 4 aromatic rings. The largest absolute Gasteiger partial charge is 0.494 e. The van der Waals surface area contributed by atoms with Gasteiger partial charge in [-0.15, -0.1) is 22.7 Å². The predicted molar refractivity (Wildman–Crippen MR) is 158 cm³/mol. The van der Waals surface area contributed by atoms with Crippen LogP contribution in [0.3, 0.4) is 0 Å². The van der Waals surface area contributed by atoms with Crippen molar-refractivity contribution in [2.45, 2.75) is 25.7 Å². The molecule has 4 nitrogen and oxygen atoms in total. The Hall–Kier alpha value is -3.74. The van der Waals surface area contributed by atoms with E-state index in [2.05, 4.69) is 0 Å². The van der Waals surface area contributed by atoms with Gasteiger partial charge in [0.25, 0.3) is 0 Å². The Morgan fingerprint density at radius 1 is 0.579 bits per heavy atom. The number of unbranched alkanes of at least 4 members (excludes halogenated alkanes) is 3. The first kappa shape index (κ1) is 27.3. The summed E-state index contributed by atoms with van der Waals surface area (Å²) < 4.78 is 11.6. The quantitative estimate of drug-likeness (QED) is 0.0857. The second-order valence-electron chi connectivity index (χ2n) is 8.59. The van der Waals surface area contributed by atoms with Crippen molar-refractivity contribution in [3.8, 4) is 11.5 Å². The molecule has 0 saturated heterocycles. The topological polar surface area (TPSA) is 52.6 Å². The Balaban J connectivity index is 1.06. The van der Waals surface area contributed by atoms with Crippen LogP contribution in [0.2, 0.25) is 0 Å². The molecule has 2 heterocycles. The molecule has 0 radical (unpaired) electrons. The van der Waals surface area contributed by atoms with Crippen LogP contribution in [0.4, 0.5) is 0 Å². The average Bonchev–Trinajstić information content (AvgIpc) is 3.67. The summed E-state index contributed by atoms with van der Waals surface area (Å²) >= 11 is 3.21. The number of allylic oxidation sites excluding steroid dienone is 2. The van der Waals surface area contributed by atoms with Crippen LogP contribution in [0.1, 0.15) is 56.2 Å². The molecule has 38 heavy (non-hydrogen) atoms. The summed E-state index contributed by atoms with van der Waals surface area (Å²) in [6.07, 6.45) is 10.9.